The topological polar surface area (TPSA) is 146 Å². The molecule has 12 heteroatoms. The minimum absolute atomic E-state index is 0.0341. The number of halogens is 1. The molecule has 0 aliphatic rings. The first-order valence-corrected chi connectivity index (χ1v) is 9.43. The van der Waals surface area contributed by atoms with Crippen molar-refractivity contribution in [2.24, 2.45) is 5.10 Å². The molecule has 2 aromatic carbocycles. The third kappa shape index (κ3) is 4.28. The molecule has 0 aliphatic carbocycles. The van der Waals surface area contributed by atoms with Crippen LogP contribution in [0.4, 0.5) is 10.2 Å². The maximum atomic E-state index is 13.3. The Bertz CT molecular complexity index is 1280. The summed E-state index contributed by atoms with van der Waals surface area (Å²) in [6.45, 7) is 2.32. The van der Waals surface area contributed by atoms with E-state index in [2.05, 4.69) is 35.8 Å². The van der Waals surface area contributed by atoms with E-state index in [4.69, 9.17) is 10.5 Å². The Morgan fingerprint density at radius 2 is 2.12 bits per heavy atom. The minimum Gasteiger partial charge on any atom is -0.494 e. The van der Waals surface area contributed by atoms with E-state index in [9.17, 15) is 9.18 Å². The number of carbonyl (C=O) groups is 1. The molecule has 11 nitrogen and oxygen atoms in total. The molecular formula is C20H17FN8O3. The fourth-order valence-electron chi connectivity index (χ4n) is 2.89. The third-order valence-electron chi connectivity index (χ3n) is 4.23. The third-order valence-corrected chi connectivity index (χ3v) is 4.23. The summed E-state index contributed by atoms with van der Waals surface area (Å²) < 4.78 is 24.7. The number of nitrogens with zero attached hydrogens (tertiary/aromatic N) is 6. The van der Waals surface area contributed by atoms with Crippen LogP contribution in [0.1, 0.15) is 23.0 Å². The summed E-state index contributed by atoms with van der Waals surface area (Å²) in [4.78, 5) is 12.8. The number of nitrogens with one attached hydrogen (secondary N) is 1. The average Bonchev–Trinajstić information content (AvgIpc) is 3.40. The molecule has 4 rings (SSSR count). The van der Waals surface area contributed by atoms with Crippen molar-refractivity contribution in [3.63, 3.8) is 0 Å². The normalized spacial score (nSPS) is 11.1. The van der Waals surface area contributed by atoms with Crippen molar-refractivity contribution in [1.29, 1.82) is 0 Å². The molecule has 0 unspecified atom stereocenters. The smallest absolute Gasteiger partial charge is 0.294 e. The highest BCUT2D eigenvalue weighted by molar-refractivity contribution is 5.98. The van der Waals surface area contributed by atoms with Gasteiger partial charge in [0.15, 0.2) is 5.69 Å². The highest BCUT2D eigenvalue weighted by Crippen LogP contribution is 2.29. The number of rotatable bonds is 7. The lowest BCUT2D eigenvalue weighted by Gasteiger charge is -2.08. The first-order valence-electron chi connectivity index (χ1n) is 9.43. The lowest BCUT2D eigenvalue weighted by Crippen LogP contribution is -2.19. The predicted molar refractivity (Wildman–Crippen MR) is 112 cm³/mol. The van der Waals surface area contributed by atoms with Gasteiger partial charge in [-0.25, -0.2) is 14.4 Å². The molecule has 32 heavy (non-hydrogen) atoms. The second-order valence-corrected chi connectivity index (χ2v) is 6.39. The first-order chi connectivity index (χ1) is 15.6. The van der Waals surface area contributed by atoms with Crippen molar-refractivity contribution in [2.45, 2.75) is 6.92 Å². The van der Waals surface area contributed by atoms with Crippen LogP contribution in [-0.4, -0.2) is 44.0 Å². The van der Waals surface area contributed by atoms with E-state index in [0.29, 0.717) is 23.5 Å². The molecule has 4 aromatic rings. The van der Waals surface area contributed by atoms with Gasteiger partial charge in [-0.3, -0.25) is 4.79 Å². The molecule has 0 aliphatic heterocycles. The predicted octanol–water partition coefficient (Wildman–Crippen LogP) is 2.20. The number of carbonyl (C=O) groups excluding carboxylic acids is 1. The van der Waals surface area contributed by atoms with Gasteiger partial charge in [0.2, 0.25) is 11.6 Å². The van der Waals surface area contributed by atoms with Crippen molar-refractivity contribution in [3.8, 4) is 22.8 Å². The Morgan fingerprint density at radius 1 is 1.28 bits per heavy atom. The molecule has 0 fully saturated rings. The molecule has 0 radical (unpaired) electrons. The summed E-state index contributed by atoms with van der Waals surface area (Å²) in [5.41, 5.74) is 9.41. The zero-order valence-electron chi connectivity index (χ0n) is 16.8. The van der Waals surface area contributed by atoms with Gasteiger partial charge < -0.3 is 10.5 Å². The number of benzene rings is 2. The van der Waals surface area contributed by atoms with E-state index in [-0.39, 0.29) is 23.0 Å². The van der Waals surface area contributed by atoms with Crippen LogP contribution >= 0.6 is 0 Å². The van der Waals surface area contributed by atoms with E-state index in [1.54, 1.807) is 30.3 Å². The van der Waals surface area contributed by atoms with Gasteiger partial charge in [0.05, 0.1) is 12.8 Å². The quantitative estimate of drug-likeness (QED) is 0.331. The number of anilines is 1. The van der Waals surface area contributed by atoms with Crippen LogP contribution in [0.3, 0.4) is 0 Å². The average molecular weight is 436 g/mol. The van der Waals surface area contributed by atoms with Gasteiger partial charge in [-0.05, 0) is 47.1 Å². The molecule has 1 amide bonds. The number of hydrogen-bond donors (Lipinski definition) is 2. The van der Waals surface area contributed by atoms with Crippen LogP contribution in [0, 0.1) is 5.82 Å². The molecular weight excluding hydrogens is 419 g/mol. The zero-order valence-corrected chi connectivity index (χ0v) is 16.8. The monoisotopic (exact) mass is 436 g/mol. The second-order valence-electron chi connectivity index (χ2n) is 6.39. The lowest BCUT2D eigenvalue weighted by atomic mass is 10.1. The number of nitrogens with two attached hydrogens (primary N) is 1. The van der Waals surface area contributed by atoms with Crippen LogP contribution in [0.15, 0.2) is 58.3 Å². The highest BCUT2D eigenvalue weighted by atomic mass is 19.1. The summed E-state index contributed by atoms with van der Waals surface area (Å²) in [6, 6.07) is 12.7. The Labute approximate surface area is 180 Å². The maximum Gasteiger partial charge on any atom is 0.294 e. The van der Waals surface area contributed by atoms with Gasteiger partial charge in [-0.1, -0.05) is 29.5 Å². The Balaban J connectivity index is 1.70. The fourth-order valence-corrected chi connectivity index (χ4v) is 2.89. The Kier molecular flexibility index (Phi) is 5.83. The van der Waals surface area contributed by atoms with Gasteiger partial charge in [-0.2, -0.15) is 9.78 Å². The summed E-state index contributed by atoms with van der Waals surface area (Å²) in [6.07, 6.45) is 1.31. The minimum atomic E-state index is -0.657. The van der Waals surface area contributed by atoms with Crippen molar-refractivity contribution in [1.82, 2.24) is 30.7 Å². The zero-order chi connectivity index (χ0) is 22.5. The SMILES string of the molecule is CCOc1cccc(-c2c(C(=O)N/N=C/c3cccc(F)c3)nnn2-c2nonc2N)c1. The van der Waals surface area contributed by atoms with Crippen LogP contribution in [0.5, 0.6) is 5.75 Å². The molecule has 2 heterocycles. The number of aromatic nitrogens is 5. The van der Waals surface area contributed by atoms with E-state index < -0.39 is 11.7 Å². The van der Waals surface area contributed by atoms with E-state index in [1.807, 2.05) is 6.92 Å². The number of ether oxygens (including phenoxy) is 1. The lowest BCUT2D eigenvalue weighted by molar-refractivity contribution is 0.0950. The van der Waals surface area contributed by atoms with Gasteiger partial charge >= 0.3 is 0 Å². The molecule has 0 spiro atoms. The summed E-state index contributed by atoms with van der Waals surface area (Å²) in [5, 5.41) is 19.1. The highest BCUT2D eigenvalue weighted by Gasteiger charge is 2.25. The second kappa shape index (κ2) is 9.04. The molecule has 0 saturated carbocycles. The van der Waals surface area contributed by atoms with Crippen molar-refractivity contribution in [2.75, 3.05) is 12.3 Å². The molecule has 2 aromatic heterocycles. The number of amides is 1. The largest absolute Gasteiger partial charge is 0.494 e. The maximum absolute atomic E-state index is 13.3. The number of nitrogen functional groups attached to an aromatic ring is 1. The van der Waals surface area contributed by atoms with E-state index in [0.717, 1.165) is 0 Å². The van der Waals surface area contributed by atoms with Crippen LogP contribution in [0.25, 0.3) is 17.1 Å². The molecule has 0 saturated heterocycles. The van der Waals surface area contributed by atoms with Gasteiger partial charge in [0.1, 0.15) is 17.3 Å². The van der Waals surface area contributed by atoms with Crippen molar-refractivity contribution in [3.05, 3.63) is 65.6 Å². The molecule has 3 N–H and O–H groups in total. The molecule has 0 atom stereocenters. The molecule has 0 bridgehead atoms. The number of hydrogen-bond acceptors (Lipinski definition) is 9. The Morgan fingerprint density at radius 3 is 2.88 bits per heavy atom. The van der Waals surface area contributed by atoms with Crippen LogP contribution < -0.4 is 15.9 Å². The summed E-state index contributed by atoms with van der Waals surface area (Å²) in [5.74, 6) is -0.460. The van der Waals surface area contributed by atoms with Gasteiger partial charge in [-0.15, -0.1) is 5.10 Å². The summed E-state index contributed by atoms with van der Waals surface area (Å²) in [7, 11) is 0. The fraction of sp³-hybridized carbons (Fsp3) is 0.100. The Hall–Kier alpha value is -4.61. The van der Waals surface area contributed by atoms with Crippen molar-refractivity contribution < 1.29 is 18.6 Å². The molecule has 162 valence electrons. The van der Waals surface area contributed by atoms with Crippen molar-refractivity contribution >= 4 is 17.9 Å². The van der Waals surface area contributed by atoms with E-state index in [1.165, 1.54) is 29.1 Å². The van der Waals surface area contributed by atoms with Crippen LogP contribution in [0.2, 0.25) is 0 Å². The van der Waals surface area contributed by atoms with Crippen LogP contribution in [-0.2, 0) is 0 Å². The summed E-state index contributed by atoms with van der Waals surface area (Å²) >= 11 is 0. The van der Waals surface area contributed by atoms with Gasteiger partial charge in [0.25, 0.3) is 5.91 Å². The van der Waals surface area contributed by atoms with Gasteiger partial charge in [0, 0.05) is 5.56 Å². The first kappa shape index (κ1) is 20.7. The number of hydrazone groups is 1. The van der Waals surface area contributed by atoms with E-state index >= 15 is 0 Å². The standard InChI is InChI=1S/C20H17FN8O3/c1-2-31-15-8-4-6-13(10-15)17-16(24-28-29(17)19-18(22)26-32-27-19)20(30)25-23-11-12-5-3-7-14(21)9-12/h3-11H,2H2,1H3,(H2,22,26)(H,25,30)/b23-11+.